The molecule has 0 fully saturated rings. The maximum atomic E-state index is 12.0. The largest absolute Gasteiger partial charge is 0.485 e. The van der Waals surface area contributed by atoms with Gasteiger partial charge >= 0.3 is 0 Å². The number of nitrogens with one attached hydrogen (secondary N) is 1. The van der Waals surface area contributed by atoms with Crippen molar-refractivity contribution in [3.05, 3.63) is 28.8 Å². The first-order valence-corrected chi connectivity index (χ1v) is 7.25. The molecule has 2 rings (SSSR count). The lowest BCUT2D eigenvalue weighted by molar-refractivity contribution is -0.154. The lowest BCUT2D eigenvalue weighted by Crippen LogP contribution is -2.58. The lowest BCUT2D eigenvalue weighted by atomic mass is 9.86. The van der Waals surface area contributed by atoms with Gasteiger partial charge in [-0.2, -0.15) is 0 Å². The summed E-state index contributed by atoms with van der Waals surface area (Å²) in [7, 11) is 0. The van der Waals surface area contributed by atoms with Crippen LogP contribution in [-0.2, 0) is 9.59 Å². The number of aliphatic hydroxyl groups is 1. The molecule has 2 amide bonds. The van der Waals surface area contributed by atoms with E-state index in [9.17, 15) is 14.7 Å². The molecule has 0 aliphatic carbocycles. The van der Waals surface area contributed by atoms with E-state index in [1.54, 1.807) is 32.0 Å². The number of carbonyl (C=O) groups excluding carboxylic acids is 2. The van der Waals surface area contributed by atoms with E-state index < -0.39 is 29.6 Å². The van der Waals surface area contributed by atoms with Gasteiger partial charge < -0.3 is 9.84 Å². The molecule has 6 nitrogen and oxygen atoms in total. The second-order valence-corrected chi connectivity index (χ2v) is 6.27. The highest BCUT2D eigenvalue weighted by Gasteiger charge is 2.46. The smallest absolute Gasteiger partial charge is 0.238 e. The fraction of sp³-hybridized carbons (Fsp3) is 0.467. The molecule has 1 aromatic carbocycles. The van der Waals surface area contributed by atoms with Gasteiger partial charge in [0.25, 0.3) is 0 Å². The van der Waals surface area contributed by atoms with Gasteiger partial charge in [-0.05, 0) is 32.0 Å². The van der Waals surface area contributed by atoms with Crippen LogP contribution in [0.1, 0.15) is 39.3 Å². The Bertz CT molecular complexity index is 618. The molecule has 2 N–H and O–H groups in total. The normalized spacial score (nSPS) is 22.3. The third-order valence-electron chi connectivity index (χ3n) is 3.57. The van der Waals surface area contributed by atoms with Crippen molar-refractivity contribution in [3.8, 4) is 5.75 Å². The zero-order valence-electron chi connectivity index (χ0n) is 12.9. The summed E-state index contributed by atoms with van der Waals surface area (Å²) < 4.78 is 5.79. The molecule has 0 spiro atoms. The summed E-state index contributed by atoms with van der Waals surface area (Å²) in [4.78, 5) is 23.4. The molecular formula is C15H19ClN2O4. The molecule has 1 heterocycles. The first-order valence-electron chi connectivity index (χ1n) is 6.87. The van der Waals surface area contributed by atoms with E-state index in [1.807, 2.05) is 0 Å². The van der Waals surface area contributed by atoms with E-state index in [4.69, 9.17) is 16.3 Å². The van der Waals surface area contributed by atoms with Crippen molar-refractivity contribution >= 4 is 23.4 Å². The minimum absolute atomic E-state index is 0.400. The number of nitrogens with zero attached hydrogens (tertiary/aromatic N) is 1. The Morgan fingerprint density at radius 1 is 1.36 bits per heavy atom. The third-order valence-corrected chi connectivity index (χ3v) is 3.81. The minimum atomic E-state index is -1.05. The van der Waals surface area contributed by atoms with Crippen LogP contribution in [0, 0.1) is 0 Å². The molecule has 1 aromatic rings. The number of carbonyl (C=O) groups is 2. The summed E-state index contributed by atoms with van der Waals surface area (Å²) in [6.45, 7) is 6.05. The van der Waals surface area contributed by atoms with Gasteiger partial charge in [0.2, 0.25) is 11.8 Å². The average Bonchev–Trinajstić information content (AvgIpc) is 2.38. The standard InChI is InChI=1S/C15H19ClN2O4/c1-8(19)17-18(9(2)20)13-11-7-10(16)5-6-12(11)22-15(3,4)14(13)21/h5-7,13-14,21H,1-4H3,(H,17,19). The second kappa shape index (κ2) is 5.78. The zero-order valence-corrected chi connectivity index (χ0v) is 13.6. The van der Waals surface area contributed by atoms with Crippen molar-refractivity contribution in [2.24, 2.45) is 0 Å². The van der Waals surface area contributed by atoms with Gasteiger partial charge in [0.05, 0.1) is 0 Å². The SMILES string of the molecule is CC(=O)NN(C(C)=O)C1c2cc(Cl)ccc2OC(C)(C)C1O. The number of halogens is 1. The molecule has 7 heteroatoms. The molecule has 0 bridgehead atoms. The number of benzene rings is 1. The summed E-state index contributed by atoms with van der Waals surface area (Å²) >= 11 is 6.02. The Kier molecular flexibility index (Phi) is 4.35. The quantitative estimate of drug-likeness (QED) is 0.771. The fourth-order valence-electron chi connectivity index (χ4n) is 2.53. The summed E-state index contributed by atoms with van der Waals surface area (Å²) in [5.41, 5.74) is 2.08. The first-order chi connectivity index (χ1) is 10.1. The summed E-state index contributed by atoms with van der Waals surface area (Å²) in [6, 6.07) is 4.18. The lowest BCUT2D eigenvalue weighted by Gasteiger charge is -2.45. The van der Waals surface area contributed by atoms with Gasteiger partial charge in [0.15, 0.2) is 0 Å². The van der Waals surface area contributed by atoms with Gasteiger partial charge in [0.1, 0.15) is 23.5 Å². The van der Waals surface area contributed by atoms with Crippen molar-refractivity contribution in [2.75, 3.05) is 0 Å². The van der Waals surface area contributed by atoms with E-state index >= 15 is 0 Å². The van der Waals surface area contributed by atoms with Crippen LogP contribution in [-0.4, -0.2) is 33.6 Å². The number of hydrazine groups is 1. The highest BCUT2D eigenvalue weighted by Crippen LogP contribution is 2.43. The Labute approximate surface area is 134 Å². The monoisotopic (exact) mass is 326 g/mol. The van der Waals surface area contributed by atoms with E-state index in [1.165, 1.54) is 13.8 Å². The van der Waals surface area contributed by atoms with Gasteiger partial charge in [-0.3, -0.25) is 15.0 Å². The number of aliphatic hydroxyl groups excluding tert-OH is 1. The van der Waals surface area contributed by atoms with Gasteiger partial charge in [-0.15, -0.1) is 0 Å². The predicted molar refractivity (Wildman–Crippen MR) is 81.2 cm³/mol. The summed E-state index contributed by atoms with van der Waals surface area (Å²) in [5.74, 6) is -0.292. The number of ether oxygens (including phenoxy) is 1. The Morgan fingerprint density at radius 3 is 2.55 bits per heavy atom. The van der Waals surface area contributed by atoms with Crippen LogP contribution in [0.3, 0.4) is 0 Å². The van der Waals surface area contributed by atoms with Crippen LogP contribution in [0.4, 0.5) is 0 Å². The summed E-state index contributed by atoms with van der Waals surface area (Å²) in [5, 5.41) is 12.2. The van der Waals surface area contributed by atoms with Crippen LogP contribution in [0.25, 0.3) is 0 Å². The molecule has 120 valence electrons. The van der Waals surface area contributed by atoms with E-state index in [0.29, 0.717) is 16.3 Å². The van der Waals surface area contributed by atoms with Gasteiger partial charge in [-0.25, -0.2) is 5.01 Å². The molecular weight excluding hydrogens is 308 g/mol. The second-order valence-electron chi connectivity index (χ2n) is 5.83. The van der Waals surface area contributed by atoms with Crippen LogP contribution in [0.5, 0.6) is 5.75 Å². The van der Waals surface area contributed by atoms with Crippen molar-refractivity contribution in [1.29, 1.82) is 0 Å². The van der Waals surface area contributed by atoms with Crippen LogP contribution >= 0.6 is 11.6 Å². The maximum Gasteiger partial charge on any atom is 0.238 e. The number of amides is 2. The Hall–Kier alpha value is -1.79. The topological polar surface area (TPSA) is 78.9 Å². The maximum absolute atomic E-state index is 12.0. The highest BCUT2D eigenvalue weighted by molar-refractivity contribution is 6.30. The Balaban J connectivity index is 2.57. The molecule has 0 saturated heterocycles. The van der Waals surface area contributed by atoms with Crippen LogP contribution in [0.15, 0.2) is 18.2 Å². The average molecular weight is 327 g/mol. The zero-order chi connectivity index (χ0) is 16.7. The van der Waals surface area contributed by atoms with Crippen molar-refractivity contribution < 1.29 is 19.4 Å². The highest BCUT2D eigenvalue weighted by atomic mass is 35.5. The van der Waals surface area contributed by atoms with Crippen molar-refractivity contribution in [1.82, 2.24) is 10.4 Å². The number of rotatable bonds is 1. The minimum Gasteiger partial charge on any atom is -0.485 e. The molecule has 0 saturated carbocycles. The number of fused-ring (bicyclic) bond motifs is 1. The Morgan fingerprint density at radius 2 is 2.00 bits per heavy atom. The van der Waals surface area contributed by atoms with E-state index in [-0.39, 0.29) is 0 Å². The molecule has 0 aromatic heterocycles. The van der Waals surface area contributed by atoms with E-state index in [2.05, 4.69) is 5.43 Å². The molecule has 22 heavy (non-hydrogen) atoms. The molecule has 2 atom stereocenters. The first kappa shape index (κ1) is 16.6. The van der Waals surface area contributed by atoms with Gasteiger partial charge in [-0.1, -0.05) is 11.6 Å². The van der Waals surface area contributed by atoms with Crippen LogP contribution in [0.2, 0.25) is 5.02 Å². The molecule has 1 aliphatic rings. The number of hydrogen-bond donors (Lipinski definition) is 2. The van der Waals surface area contributed by atoms with E-state index in [0.717, 1.165) is 5.01 Å². The molecule has 0 radical (unpaired) electrons. The third kappa shape index (κ3) is 3.03. The number of hydrogen-bond acceptors (Lipinski definition) is 4. The van der Waals surface area contributed by atoms with Gasteiger partial charge in [0, 0.05) is 24.4 Å². The molecule has 1 aliphatic heterocycles. The predicted octanol–water partition coefficient (Wildman–Crippen LogP) is 1.81. The molecule has 2 unspecified atom stereocenters. The van der Waals surface area contributed by atoms with Crippen molar-refractivity contribution in [2.45, 2.75) is 45.4 Å². The fourth-order valence-corrected chi connectivity index (χ4v) is 2.71. The van der Waals surface area contributed by atoms with Crippen molar-refractivity contribution in [3.63, 3.8) is 0 Å². The van der Waals surface area contributed by atoms with Crippen LogP contribution < -0.4 is 10.2 Å². The summed E-state index contributed by atoms with van der Waals surface area (Å²) in [6.07, 6.45) is -1.05.